The molecular weight excluding hydrogens is 493 g/mol. The Labute approximate surface area is 187 Å². The number of thiocarbonyl (C=S) groups is 1. The number of aryl methyl sites for hydroxylation is 1. The van der Waals surface area contributed by atoms with Gasteiger partial charge in [0.25, 0.3) is 5.91 Å². The largest absolute Gasteiger partial charge is 0.339 e. The zero-order chi connectivity index (χ0) is 20.0. The summed E-state index contributed by atoms with van der Waals surface area (Å²) < 4.78 is -1.06. The van der Waals surface area contributed by atoms with Crippen LogP contribution in [0.3, 0.4) is 0 Å². The molecule has 0 saturated heterocycles. The third-order valence-corrected chi connectivity index (χ3v) is 4.98. The van der Waals surface area contributed by atoms with E-state index < -0.39 is 15.9 Å². The maximum Gasteiger partial charge on any atom is 0.253 e. The lowest BCUT2D eigenvalue weighted by atomic mass is 10.1. The smallest absolute Gasteiger partial charge is 0.253 e. The lowest BCUT2D eigenvalue weighted by Crippen LogP contribution is -2.56. The Morgan fingerprint density at radius 2 is 1.85 bits per heavy atom. The zero-order valence-corrected chi connectivity index (χ0v) is 18.9. The number of para-hydroxylation sites is 1. The van der Waals surface area contributed by atoms with Gasteiger partial charge in [0, 0.05) is 15.7 Å². The van der Waals surface area contributed by atoms with E-state index in [1.54, 1.807) is 18.2 Å². The van der Waals surface area contributed by atoms with Gasteiger partial charge in [-0.15, -0.1) is 0 Å². The van der Waals surface area contributed by atoms with Crippen LogP contribution in [0.5, 0.6) is 0 Å². The van der Waals surface area contributed by atoms with E-state index in [-0.39, 0.29) is 5.11 Å². The number of hydrogen-bond donors (Lipinski definition) is 3. The molecular formula is C18H17BrCl3N3OS. The molecule has 0 spiro atoms. The summed E-state index contributed by atoms with van der Waals surface area (Å²) >= 11 is 26.7. The van der Waals surface area contributed by atoms with E-state index in [0.29, 0.717) is 5.56 Å². The monoisotopic (exact) mass is 507 g/mol. The van der Waals surface area contributed by atoms with Crippen molar-refractivity contribution >= 4 is 79.7 Å². The van der Waals surface area contributed by atoms with Gasteiger partial charge in [-0.25, -0.2) is 0 Å². The fourth-order valence-corrected chi connectivity index (χ4v) is 3.24. The van der Waals surface area contributed by atoms with Crippen LogP contribution in [0.4, 0.5) is 5.69 Å². The Kier molecular flexibility index (Phi) is 8.19. The summed E-state index contributed by atoms with van der Waals surface area (Å²) in [6.45, 7) is 2.04. The first kappa shape index (κ1) is 22.2. The molecule has 4 nitrogen and oxygen atoms in total. The number of benzene rings is 2. The quantitative estimate of drug-likeness (QED) is 0.286. The lowest BCUT2D eigenvalue weighted by molar-refractivity contribution is 0.0934. The Morgan fingerprint density at radius 1 is 1.15 bits per heavy atom. The van der Waals surface area contributed by atoms with E-state index in [4.69, 9.17) is 47.0 Å². The van der Waals surface area contributed by atoms with E-state index in [0.717, 1.165) is 22.1 Å². The molecule has 1 unspecified atom stereocenters. The van der Waals surface area contributed by atoms with Crippen molar-refractivity contribution in [2.75, 3.05) is 5.32 Å². The normalized spacial score (nSPS) is 12.2. The van der Waals surface area contributed by atoms with Crippen LogP contribution in [0.15, 0.2) is 53.0 Å². The fourth-order valence-electron chi connectivity index (χ4n) is 2.28. The lowest BCUT2D eigenvalue weighted by Gasteiger charge is -2.28. The number of halogens is 4. The Hall–Kier alpha value is -1.05. The Bertz CT molecular complexity index is 829. The van der Waals surface area contributed by atoms with Gasteiger partial charge in [-0.2, -0.15) is 0 Å². The number of amides is 1. The number of rotatable bonds is 5. The molecule has 2 aromatic carbocycles. The van der Waals surface area contributed by atoms with Crippen molar-refractivity contribution in [3.63, 3.8) is 0 Å². The molecule has 27 heavy (non-hydrogen) atoms. The number of anilines is 1. The minimum absolute atomic E-state index is 0.224. The summed E-state index contributed by atoms with van der Waals surface area (Å²) in [5.74, 6) is -0.406. The highest BCUT2D eigenvalue weighted by molar-refractivity contribution is 9.10. The van der Waals surface area contributed by atoms with E-state index in [9.17, 15) is 4.79 Å². The van der Waals surface area contributed by atoms with Crippen LogP contribution in [0, 0.1) is 0 Å². The summed E-state index contributed by atoms with van der Waals surface area (Å²) in [5.41, 5.74) is 2.35. The van der Waals surface area contributed by atoms with Gasteiger partial charge in [0.05, 0.1) is 0 Å². The van der Waals surface area contributed by atoms with Crippen LogP contribution in [-0.2, 0) is 6.42 Å². The minimum atomic E-state index is -1.82. The molecule has 0 aliphatic rings. The summed E-state index contributed by atoms with van der Waals surface area (Å²) in [6, 6.07) is 14.6. The summed E-state index contributed by atoms with van der Waals surface area (Å²) in [7, 11) is 0. The summed E-state index contributed by atoms with van der Waals surface area (Å²) in [4.78, 5) is 12.5. The van der Waals surface area contributed by atoms with Gasteiger partial charge in [0.1, 0.15) is 6.17 Å². The van der Waals surface area contributed by atoms with Crippen molar-refractivity contribution < 1.29 is 4.79 Å². The van der Waals surface area contributed by atoms with E-state index in [2.05, 4.69) is 31.9 Å². The third kappa shape index (κ3) is 6.80. The zero-order valence-electron chi connectivity index (χ0n) is 14.2. The predicted molar refractivity (Wildman–Crippen MR) is 121 cm³/mol. The summed E-state index contributed by atoms with van der Waals surface area (Å²) in [5, 5.41) is 8.80. The van der Waals surface area contributed by atoms with Gasteiger partial charge in [0.2, 0.25) is 3.79 Å². The standard InChI is InChI=1S/C18H17BrCl3N3OS/c1-2-11-6-3-4-9-14(11)23-17(27)25-16(18(20,21)22)24-15(26)12-7-5-8-13(19)10-12/h3-10,16H,2H2,1H3,(H,24,26)(H2,23,25,27). The van der Waals surface area contributed by atoms with Gasteiger partial charge >= 0.3 is 0 Å². The number of hydrogen-bond acceptors (Lipinski definition) is 2. The van der Waals surface area contributed by atoms with Crippen LogP contribution >= 0.6 is 63.0 Å². The van der Waals surface area contributed by atoms with Crippen molar-refractivity contribution in [1.29, 1.82) is 0 Å². The molecule has 0 aliphatic carbocycles. The number of carbonyl (C=O) groups is 1. The minimum Gasteiger partial charge on any atom is -0.339 e. The average molecular weight is 510 g/mol. The molecule has 0 fully saturated rings. The van der Waals surface area contributed by atoms with Gasteiger partial charge in [-0.05, 0) is 48.5 Å². The number of nitrogens with one attached hydrogen (secondary N) is 3. The van der Waals surface area contributed by atoms with Crippen LogP contribution < -0.4 is 16.0 Å². The van der Waals surface area contributed by atoms with Gasteiger partial charge in [-0.3, -0.25) is 4.79 Å². The van der Waals surface area contributed by atoms with Crippen LogP contribution in [0.25, 0.3) is 0 Å². The topological polar surface area (TPSA) is 53.2 Å². The third-order valence-electron chi connectivity index (χ3n) is 3.61. The van der Waals surface area contributed by atoms with Crippen molar-refractivity contribution in [3.05, 3.63) is 64.1 Å². The second-order valence-corrected chi connectivity index (χ2v) is 9.26. The molecule has 0 radical (unpaired) electrons. The Balaban J connectivity index is 2.10. The van der Waals surface area contributed by atoms with Gasteiger partial charge in [-0.1, -0.05) is 81.9 Å². The highest BCUT2D eigenvalue weighted by Crippen LogP contribution is 2.29. The second kappa shape index (κ2) is 9.94. The fraction of sp³-hybridized carbons (Fsp3) is 0.222. The van der Waals surface area contributed by atoms with Crippen LogP contribution in [-0.4, -0.2) is 21.0 Å². The van der Waals surface area contributed by atoms with E-state index in [1.807, 2.05) is 37.3 Å². The van der Waals surface area contributed by atoms with Crippen molar-refractivity contribution in [2.45, 2.75) is 23.3 Å². The molecule has 1 atom stereocenters. The molecule has 0 heterocycles. The number of alkyl halides is 3. The van der Waals surface area contributed by atoms with Gasteiger partial charge in [0.15, 0.2) is 5.11 Å². The molecule has 9 heteroatoms. The molecule has 1 amide bonds. The Morgan fingerprint density at radius 3 is 2.48 bits per heavy atom. The average Bonchev–Trinajstić information content (AvgIpc) is 2.60. The first-order valence-corrected chi connectivity index (χ1v) is 10.3. The van der Waals surface area contributed by atoms with E-state index in [1.165, 1.54) is 0 Å². The number of carbonyl (C=O) groups excluding carboxylic acids is 1. The first-order chi connectivity index (χ1) is 12.7. The molecule has 0 bridgehead atoms. The van der Waals surface area contributed by atoms with Gasteiger partial charge < -0.3 is 16.0 Å². The van der Waals surface area contributed by atoms with E-state index >= 15 is 0 Å². The molecule has 2 rings (SSSR count). The van der Waals surface area contributed by atoms with Crippen LogP contribution in [0.2, 0.25) is 0 Å². The van der Waals surface area contributed by atoms with Crippen molar-refractivity contribution in [2.24, 2.45) is 0 Å². The molecule has 2 aromatic rings. The highest BCUT2D eigenvalue weighted by Gasteiger charge is 2.35. The molecule has 0 saturated carbocycles. The SMILES string of the molecule is CCc1ccccc1NC(=S)NC(NC(=O)c1cccc(Br)c1)C(Cl)(Cl)Cl. The van der Waals surface area contributed by atoms with Crippen LogP contribution in [0.1, 0.15) is 22.8 Å². The molecule has 3 N–H and O–H groups in total. The molecule has 0 aliphatic heterocycles. The highest BCUT2D eigenvalue weighted by atomic mass is 79.9. The van der Waals surface area contributed by atoms with Crippen molar-refractivity contribution in [1.82, 2.24) is 10.6 Å². The second-order valence-electron chi connectivity index (χ2n) is 5.57. The maximum atomic E-state index is 12.5. The predicted octanol–water partition coefficient (Wildman–Crippen LogP) is 5.42. The molecule has 0 aromatic heterocycles. The molecule has 144 valence electrons. The maximum absolute atomic E-state index is 12.5. The first-order valence-electron chi connectivity index (χ1n) is 7.99. The van der Waals surface area contributed by atoms with Crippen molar-refractivity contribution in [3.8, 4) is 0 Å². The summed E-state index contributed by atoms with van der Waals surface area (Å²) in [6.07, 6.45) is -0.206.